The molecule has 1 atom stereocenters. The number of aliphatic hydroxyl groups excluding tert-OH is 1. The molecule has 2 aliphatic heterocycles. The molecular formula is C23H23N3O. The second kappa shape index (κ2) is 6.97. The number of nitrogens with zero attached hydrogens (tertiary/aromatic N) is 3. The van der Waals surface area contributed by atoms with E-state index in [-0.39, 0.29) is 0 Å². The van der Waals surface area contributed by atoms with Gasteiger partial charge in [0.15, 0.2) is 5.82 Å². The molecule has 4 nitrogen and oxygen atoms in total. The first-order chi connectivity index (χ1) is 13.0. The summed E-state index contributed by atoms with van der Waals surface area (Å²) in [6.07, 6.45) is 3.47. The fourth-order valence-corrected chi connectivity index (χ4v) is 3.33. The molecule has 0 aliphatic carbocycles. The van der Waals surface area contributed by atoms with E-state index in [0.29, 0.717) is 6.54 Å². The number of rotatable bonds is 4. The van der Waals surface area contributed by atoms with Crippen LogP contribution in [0.15, 0.2) is 60.9 Å². The van der Waals surface area contributed by atoms with E-state index in [1.807, 2.05) is 23.0 Å². The van der Waals surface area contributed by atoms with Crippen LogP contribution in [0.25, 0.3) is 33.9 Å². The van der Waals surface area contributed by atoms with Crippen LogP contribution < -0.4 is 0 Å². The van der Waals surface area contributed by atoms with Gasteiger partial charge in [-0.15, -0.1) is 0 Å². The molecule has 4 rings (SSSR count). The van der Waals surface area contributed by atoms with Gasteiger partial charge in [-0.1, -0.05) is 48.0 Å². The molecule has 0 amide bonds. The van der Waals surface area contributed by atoms with Gasteiger partial charge in [0.25, 0.3) is 0 Å². The molecule has 2 heterocycles. The van der Waals surface area contributed by atoms with E-state index < -0.39 is 6.10 Å². The number of benzene rings is 2. The quantitative estimate of drug-likeness (QED) is 0.575. The molecule has 27 heavy (non-hydrogen) atoms. The SMILES string of the molecule is Cc1ccc(-c2ccc(-c3nc4ccn(CC(C)O)cc-4n3)c(C)c2)cc1. The highest BCUT2D eigenvalue weighted by Crippen LogP contribution is 2.30. The van der Waals surface area contributed by atoms with Gasteiger partial charge in [-0.2, -0.15) is 0 Å². The van der Waals surface area contributed by atoms with Crippen molar-refractivity contribution in [3.05, 3.63) is 72.1 Å². The van der Waals surface area contributed by atoms with Gasteiger partial charge in [0.05, 0.1) is 11.8 Å². The second-order valence-electron chi connectivity index (χ2n) is 7.20. The Balaban J connectivity index is 1.69. The minimum absolute atomic E-state index is 0.397. The van der Waals surface area contributed by atoms with Crippen LogP contribution in [-0.2, 0) is 6.54 Å². The number of pyridine rings is 1. The van der Waals surface area contributed by atoms with Gasteiger partial charge in [0.1, 0.15) is 5.69 Å². The molecular weight excluding hydrogens is 334 g/mol. The molecule has 0 bridgehead atoms. The highest BCUT2D eigenvalue weighted by Gasteiger charge is 2.15. The highest BCUT2D eigenvalue weighted by molar-refractivity contribution is 5.73. The zero-order valence-electron chi connectivity index (χ0n) is 15.8. The van der Waals surface area contributed by atoms with Gasteiger partial charge in [-0.05, 0) is 43.5 Å². The molecule has 1 unspecified atom stereocenters. The normalized spacial score (nSPS) is 12.4. The average Bonchev–Trinajstić information content (AvgIpc) is 3.04. The molecule has 2 aromatic rings. The monoisotopic (exact) mass is 357 g/mol. The molecule has 0 saturated heterocycles. The van der Waals surface area contributed by atoms with E-state index in [4.69, 9.17) is 9.97 Å². The molecule has 0 fully saturated rings. The Morgan fingerprint density at radius 2 is 1.63 bits per heavy atom. The van der Waals surface area contributed by atoms with E-state index in [1.165, 1.54) is 16.7 Å². The summed E-state index contributed by atoms with van der Waals surface area (Å²) in [6.45, 7) is 6.52. The average molecular weight is 357 g/mol. The van der Waals surface area contributed by atoms with Crippen LogP contribution in [0.1, 0.15) is 18.1 Å². The van der Waals surface area contributed by atoms with Crippen LogP contribution in [0.4, 0.5) is 0 Å². The highest BCUT2D eigenvalue weighted by atomic mass is 16.3. The number of fused-ring (bicyclic) bond motifs is 1. The zero-order valence-corrected chi connectivity index (χ0v) is 15.8. The summed E-state index contributed by atoms with van der Waals surface area (Å²) in [4.78, 5) is 9.40. The topological polar surface area (TPSA) is 50.9 Å². The fourth-order valence-electron chi connectivity index (χ4n) is 3.33. The van der Waals surface area contributed by atoms with Gasteiger partial charge in [-0.3, -0.25) is 0 Å². The number of aromatic nitrogens is 3. The van der Waals surface area contributed by atoms with Crippen molar-refractivity contribution in [1.29, 1.82) is 0 Å². The Kier molecular flexibility index (Phi) is 4.50. The first kappa shape index (κ1) is 17.4. The minimum atomic E-state index is -0.397. The van der Waals surface area contributed by atoms with E-state index in [9.17, 15) is 5.11 Å². The van der Waals surface area contributed by atoms with E-state index in [0.717, 1.165) is 28.3 Å². The van der Waals surface area contributed by atoms with Crippen LogP contribution in [0, 0.1) is 13.8 Å². The third-order valence-corrected chi connectivity index (χ3v) is 4.75. The summed E-state index contributed by atoms with van der Waals surface area (Å²) in [6, 6.07) is 16.9. The van der Waals surface area contributed by atoms with E-state index in [1.54, 1.807) is 6.92 Å². The maximum Gasteiger partial charge on any atom is 0.160 e. The number of hydrogen-bond donors (Lipinski definition) is 1. The van der Waals surface area contributed by atoms with Crippen molar-refractivity contribution in [2.24, 2.45) is 0 Å². The first-order valence-corrected chi connectivity index (χ1v) is 9.19. The van der Waals surface area contributed by atoms with Gasteiger partial charge in [0.2, 0.25) is 0 Å². The third-order valence-electron chi connectivity index (χ3n) is 4.75. The molecule has 4 heteroatoms. The Bertz CT molecular complexity index is 1050. The molecule has 1 N–H and O–H groups in total. The maximum atomic E-state index is 9.58. The van der Waals surface area contributed by atoms with Crippen LogP contribution in [0.2, 0.25) is 0 Å². The lowest BCUT2D eigenvalue weighted by atomic mass is 9.99. The number of aryl methyl sites for hydroxylation is 2. The molecule has 0 saturated carbocycles. The van der Waals surface area contributed by atoms with Crippen molar-refractivity contribution in [2.75, 3.05) is 0 Å². The number of imidazole rings is 1. The van der Waals surface area contributed by atoms with E-state index in [2.05, 4.69) is 56.3 Å². The predicted octanol–water partition coefficient (Wildman–Crippen LogP) is 4.71. The molecule has 0 spiro atoms. The standard InChI is InChI=1S/C23H23N3O/c1-15-4-6-18(7-5-15)19-8-9-20(16(2)12-19)23-24-21-10-11-26(13-17(3)27)14-22(21)25-23/h4-12,14,17,27H,13H2,1-3H3. The molecule has 2 aromatic carbocycles. The van der Waals surface area contributed by atoms with Gasteiger partial charge >= 0.3 is 0 Å². The van der Waals surface area contributed by atoms with Crippen molar-refractivity contribution < 1.29 is 5.11 Å². The van der Waals surface area contributed by atoms with Gasteiger partial charge in [0, 0.05) is 24.5 Å². The molecule has 0 aromatic heterocycles. The maximum absolute atomic E-state index is 9.58. The summed E-state index contributed by atoms with van der Waals surface area (Å²) < 4.78 is 1.94. The Hall–Kier alpha value is -2.98. The lowest BCUT2D eigenvalue weighted by molar-refractivity contribution is 0.173. The summed E-state index contributed by atoms with van der Waals surface area (Å²) in [5, 5.41) is 9.58. The molecule has 0 radical (unpaired) electrons. The lowest BCUT2D eigenvalue weighted by Crippen LogP contribution is -2.11. The smallest absolute Gasteiger partial charge is 0.160 e. The third kappa shape index (κ3) is 3.62. The zero-order chi connectivity index (χ0) is 19.0. The van der Waals surface area contributed by atoms with Gasteiger partial charge in [-0.25, -0.2) is 9.97 Å². The first-order valence-electron chi connectivity index (χ1n) is 9.19. The van der Waals surface area contributed by atoms with Crippen LogP contribution in [0.3, 0.4) is 0 Å². The van der Waals surface area contributed by atoms with E-state index >= 15 is 0 Å². The number of hydrogen-bond acceptors (Lipinski definition) is 3. The minimum Gasteiger partial charge on any atom is -0.392 e. The molecule has 136 valence electrons. The van der Waals surface area contributed by atoms with Crippen LogP contribution in [0.5, 0.6) is 0 Å². The van der Waals surface area contributed by atoms with Gasteiger partial charge < -0.3 is 9.67 Å². The summed E-state index contributed by atoms with van der Waals surface area (Å²) in [5.41, 5.74) is 7.58. The van der Waals surface area contributed by atoms with Crippen molar-refractivity contribution in [1.82, 2.24) is 14.5 Å². The Morgan fingerprint density at radius 1 is 0.926 bits per heavy atom. The summed E-state index contributed by atoms with van der Waals surface area (Å²) in [5.74, 6) is 0.743. The fraction of sp³-hybridized carbons (Fsp3) is 0.217. The van der Waals surface area contributed by atoms with Crippen molar-refractivity contribution in [3.63, 3.8) is 0 Å². The summed E-state index contributed by atoms with van der Waals surface area (Å²) >= 11 is 0. The summed E-state index contributed by atoms with van der Waals surface area (Å²) in [7, 11) is 0. The Labute approximate surface area is 159 Å². The largest absolute Gasteiger partial charge is 0.392 e. The Morgan fingerprint density at radius 3 is 2.33 bits per heavy atom. The predicted molar refractivity (Wildman–Crippen MR) is 109 cm³/mol. The van der Waals surface area contributed by atoms with Crippen LogP contribution >= 0.6 is 0 Å². The number of aliphatic hydroxyl groups is 1. The van der Waals surface area contributed by atoms with Crippen molar-refractivity contribution >= 4 is 0 Å². The second-order valence-corrected chi connectivity index (χ2v) is 7.20. The van der Waals surface area contributed by atoms with Crippen molar-refractivity contribution in [3.8, 4) is 33.9 Å². The van der Waals surface area contributed by atoms with Crippen LogP contribution in [-0.4, -0.2) is 25.7 Å². The van der Waals surface area contributed by atoms with Crippen molar-refractivity contribution in [2.45, 2.75) is 33.4 Å². The molecule has 2 aliphatic rings. The lowest BCUT2D eigenvalue weighted by Gasteiger charge is -2.09.